The summed E-state index contributed by atoms with van der Waals surface area (Å²) in [6.07, 6.45) is 0.731. The van der Waals surface area contributed by atoms with Crippen molar-refractivity contribution >= 4 is 0 Å². The molecule has 0 saturated carbocycles. The molecule has 0 bridgehead atoms. The van der Waals surface area contributed by atoms with E-state index in [4.69, 9.17) is 0 Å². The van der Waals surface area contributed by atoms with Crippen LogP contribution in [-0.4, -0.2) is 16.8 Å². The fraction of sp³-hybridized carbons (Fsp3) is 0.200. The molecule has 1 unspecified atom stereocenters. The van der Waals surface area contributed by atoms with Gasteiger partial charge in [-0.3, -0.25) is 0 Å². The van der Waals surface area contributed by atoms with Crippen LogP contribution in [-0.2, 0) is 6.42 Å². The third-order valence-electron chi connectivity index (χ3n) is 2.88. The number of phenols is 1. The van der Waals surface area contributed by atoms with Crippen LogP contribution in [0.1, 0.15) is 17.0 Å². The first-order chi connectivity index (χ1) is 8.29. The van der Waals surface area contributed by atoms with Gasteiger partial charge in [0.25, 0.3) is 0 Å². The minimum atomic E-state index is 0.0815. The highest BCUT2D eigenvalue weighted by Crippen LogP contribution is 2.22. The zero-order valence-corrected chi connectivity index (χ0v) is 9.58. The van der Waals surface area contributed by atoms with Crippen molar-refractivity contribution < 1.29 is 10.2 Å². The molecule has 0 saturated heterocycles. The Balaban J connectivity index is 2.16. The topological polar surface area (TPSA) is 40.5 Å². The lowest BCUT2D eigenvalue weighted by molar-refractivity contribution is 0.264. The van der Waals surface area contributed by atoms with Gasteiger partial charge in [0.1, 0.15) is 5.75 Å². The van der Waals surface area contributed by atoms with Gasteiger partial charge >= 0.3 is 0 Å². The Morgan fingerprint density at radius 2 is 1.71 bits per heavy atom. The maximum absolute atomic E-state index is 9.45. The lowest BCUT2D eigenvalue weighted by atomic mass is 9.93. The average molecular weight is 228 g/mol. The normalized spacial score (nSPS) is 12.3. The van der Waals surface area contributed by atoms with Crippen LogP contribution in [0.4, 0.5) is 0 Å². The maximum atomic E-state index is 9.45. The number of rotatable bonds is 4. The van der Waals surface area contributed by atoms with Gasteiger partial charge in [-0.25, -0.2) is 0 Å². The minimum absolute atomic E-state index is 0.0815. The molecule has 2 nitrogen and oxygen atoms in total. The van der Waals surface area contributed by atoms with Gasteiger partial charge in [-0.2, -0.15) is 0 Å². The summed E-state index contributed by atoms with van der Waals surface area (Å²) in [7, 11) is 0. The second kappa shape index (κ2) is 5.51. The zero-order valence-electron chi connectivity index (χ0n) is 9.58. The number of benzene rings is 2. The summed E-state index contributed by atoms with van der Waals surface area (Å²) in [5.74, 6) is 0.352. The summed E-state index contributed by atoms with van der Waals surface area (Å²) in [5.41, 5.74) is 2.16. The van der Waals surface area contributed by atoms with E-state index in [9.17, 15) is 10.2 Å². The summed E-state index contributed by atoms with van der Waals surface area (Å²) in [4.78, 5) is 0. The van der Waals surface area contributed by atoms with E-state index in [0.29, 0.717) is 0 Å². The summed E-state index contributed by atoms with van der Waals surface area (Å²) in [6, 6.07) is 17.1. The summed E-state index contributed by atoms with van der Waals surface area (Å²) in [5, 5.41) is 18.9. The summed E-state index contributed by atoms with van der Waals surface area (Å²) >= 11 is 0. The Kier molecular flexibility index (Phi) is 3.78. The number of phenolic OH excluding ortho intramolecular Hbond substituents is 1. The van der Waals surface area contributed by atoms with E-state index in [1.165, 1.54) is 0 Å². The van der Waals surface area contributed by atoms with E-state index in [1.807, 2.05) is 42.5 Å². The van der Waals surface area contributed by atoms with Crippen LogP contribution in [0.3, 0.4) is 0 Å². The molecule has 0 radical (unpaired) electrons. The fourth-order valence-corrected chi connectivity index (χ4v) is 1.98. The van der Waals surface area contributed by atoms with E-state index in [2.05, 4.69) is 0 Å². The van der Waals surface area contributed by atoms with Crippen LogP contribution in [0.15, 0.2) is 54.6 Å². The molecule has 0 fully saturated rings. The highest BCUT2D eigenvalue weighted by molar-refractivity contribution is 5.30. The number of aliphatic hydroxyl groups is 1. The molecule has 2 rings (SSSR count). The van der Waals surface area contributed by atoms with Gasteiger partial charge in [0.2, 0.25) is 0 Å². The lowest BCUT2D eigenvalue weighted by Gasteiger charge is -2.14. The Labute approximate surface area is 101 Å². The molecular weight excluding hydrogens is 212 g/mol. The third-order valence-corrected chi connectivity index (χ3v) is 2.88. The van der Waals surface area contributed by atoms with E-state index in [0.717, 1.165) is 17.5 Å². The van der Waals surface area contributed by atoms with Crippen LogP contribution < -0.4 is 0 Å². The van der Waals surface area contributed by atoms with Crippen molar-refractivity contribution in [2.45, 2.75) is 12.3 Å². The zero-order chi connectivity index (χ0) is 12.1. The van der Waals surface area contributed by atoms with Gasteiger partial charge < -0.3 is 10.2 Å². The average Bonchev–Trinajstić information content (AvgIpc) is 2.37. The van der Waals surface area contributed by atoms with Crippen molar-refractivity contribution in [1.82, 2.24) is 0 Å². The maximum Gasteiger partial charge on any atom is 0.115 e. The van der Waals surface area contributed by atoms with Crippen molar-refractivity contribution in [1.29, 1.82) is 0 Å². The Bertz CT molecular complexity index is 465. The van der Waals surface area contributed by atoms with E-state index < -0.39 is 0 Å². The molecule has 2 aromatic carbocycles. The smallest absolute Gasteiger partial charge is 0.115 e. The van der Waals surface area contributed by atoms with Crippen LogP contribution in [0.5, 0.6) is 5.75 Å². The van der Waals surface area contributed by atoms with Gasteiger partial charge in [0.15, 0.2) is 0 Å². The molecule has 1 atom stereocenters. The van der Waals surface area contributed by atoms with Crippen LogP contribution in [0.2, 0.25) is 0 Å². The largest absolute Gasteiger partial charge is 0.508 e. The second-order valence-electron chi connectivity index (χ2n) is 4.16. The van der Waals surface area contributed by atoms with Crippen LogP contribution in [0.25, 0.3) is 0 Å². The Morgan fingerprint density at radius 1 is 0.941 bits per heavy atom. The molecule has 0 aliphatic rings. The number of aromatic hydroxyl groups is 1. The molecule has 17 heavy (non-hydrogen) atoms. The number of hydrogen-bond donors (Lipinski definition) is 2. The Hall–Kier alpha value is -1.80. The molecule has 0 spiro atoms. The highest BCUT2D eigenvalue weighted by atomic mass is 16.3. The Morgan fingerprint density at radius 3 is 2.35 bits per heavy atom. The van der Waals surface area contributed by atoms with Gasteiger partial charge in [-0.1, -0.05) is 42.5 Å². The molecule has 88 valence electrons. The first kappa shape index (κ1) is 11.7. The SMILES string of the molecule is OCC(Cc1cccc(O)c1)c1ccccc1. The van der Waals surface area contributed by atoms with Gasteiger partial charge in [0, 0.05) is 5.92 Å². The fourth-order valence-electron chi connectivity index (χ4n) is 1.98. The predicted molar refractivity (Wildman–Crippen MR) is 68.1 cm³/mol. The van der Waals surface area contributed by atoms with Crippen LogP contribution >= 0.6 is 0 Å². The molecule has 0 heterocycles. The third kappa shape index (κ3) is 3.08. The molecule has 2 aromatic rings. The van der Waals surface area contributed by atoms with Gasteiger partial charge in [-0.05, 0) is 29.7 Å². The van der Waals surface area contributed by atoms with Gasteiger partial charge in [-0.15, -0.1) is 0 Å². The quantitative estimate of drug-likeness (QED) is 0.844. The van der Waals surface area contributed by atoms with Crippen molar-refractivity contribution in [3.63, 3.8) is 0 Å². The van der Waals surface area contributed by atoms with Crippen LogP contribution in [0, 0.1) is 0 Å². The van der Waals surface area contributed by atoms with Gasteiger partial charge in [0.05, 0.1) is 6.61 Å². The lowest BCUT2D eigenvalue weighted by Crippen LogP contribution is -2.07. The second-order valence-corrected chi connectivity index (χ2v) is 4.16. The first-order valence-corrected chi connectivity index (χ1v) is 5.73. The van der Waals surface area contributed by atoms with Crippen molar-refractivity contribution in [3.8, 4) is 5.75 Å². The van der Waals surface area contributed by atoms with E-state index in [-0.39, 0.29) is 18.3 Å². The summed E-state index contributed by atoms with van der Waals surface area (Å²) in [6.45, 7) is 0.111. The summed E-state index contributed by atoms with van der Waals surface area (Å²) < 4.78 is 0. The monoisotopic (exact) mass is 228 g/mol. The molecular formula is C15H16O2. The predicted octanol–water partition coefficient (Wildman–Crippen LogP) is 2.71. The molecule has 0 amide bonds. The number of aliphatic hydroxyl groups excluding tert-OH is 1. The van der Waals surface area contributed by atoms with Crippen molar-refractivity contribution in [2.75, 3.05) is 6.61 Å². The highest BCUT2D eigenvalue weighted by Gasteiger charge is 2.11. The first-order valence-electron chi connectivity index (χ1n) is 5.73. The molecule has 0 aliphatic heterocycles. The minimum Gasteiger partial charge on any atom is -0.508 e. The molecule has 2 heteroatoms. The van der Waals surface area contributed by atoms with Crippen molar-refractivity contribution in [2.24, 2.45) is 0 Å². The standard InChI is InChI=1S/C15H16O2/c16-11-14(13-6-2-1-3-7-13)9-12-5-4-8-15(17)10-12/h1-8,10,14,16-17H,9,11H2. The number of hydrogen-bond acceptors (Lipinski definition) is 2. The molecule has 2 N–H and O–H groups in total. The molecule has 0 aliphatic carbocycles. The van der Waals surface area contributed by atoms with E-state index in [1.54, 1.807) is 12.1 Å². The van der Waals surface area contributed by atoms with Crippen molar-refractivity contribution in [3.05, 3.63) is 65.7 Å². The van der Waals surface area contributed by atoms with E-state index >= 15 is 0 Å². The molecule has 0 aromatic heterocycles.